The van der Waals surface area contributed by atoms with Crippen molar-refractivity contribution in [3.63, 3.8) is 0 Å². The van der Waals surface area contributed by atoms with E-state index in [-0.39, 0.29) is 17.2 Å². The van der Waals surface area contributed by atoms with Crippen molar-refractivity contribution in [2.45, 2.75) is 26.3 Å². The molecule has 1 N–H and O–H groups in total. The van der Waals surface area contributed by atoms with Gasteiger partial charge in [0.1, 0.15) is 5.82 Å². The molecule has 160 valence electrons. The van der Waals surface area contributed by atoms with Gasteiger partial charge in [-0.25, -0.2) is 14.5 Å². The van der Waals surface area contributed by atoms with Crippen LogP contribution in [-0.4, -0.2) is 31.6 Å². The van der Waals surface area contributed by atoms with Crippen molar-refractivity contribution in [3.05, 3.63) is 107 Å². The predicted octanol–water partition coefficient (Wildman–Crippen LogP) is 4.88. The number of carbonyl (C=O) groups is 2. The number of carboxylic acid groups (broad SMARTS) is 1. The minimum Gasteiger partial charge on any atom is -0.478 e. The second kappa shape index (κ2) is 9.39. The number of aromatic carboxylic acids is 1. The van der Waals surface area contributed by atoms with E-state index in [0.717, 1.165) is 23.4 Å². The molecule has 1 aromatic heterocycles. The Morgan fingerprint density at radius 3 is 2.28 bits per heavy atom. The summed E-state index contributed by atoms with van der Waals surface area (Å²) >= 11 is 0. The molecule has 0 aliphatic rings. The van der Waals surface area contributed by atoms with E-state index < -0.39 is 5.97 Å². The molecular formula is C26H23N3O3. The molecule has 0 unspecified atom stereocenters. The van der Waals surface area contributed by atoms with Crippen LogP contribution in [0.1, 0.15) is 51.3 Å². The minimum absolute atomic E-state index is 0.192. The van der Waals surface area contributed by atoms with E-state index in [2.05, 4.69) is 17.0 Å². The third-order valence-corrected chi connectivity index (χ3v) is 5.21. The van der Waals surface area contributed by atoms with E-state index in [4.69, 9.17) is 0 Å². The van der Waals surface area contributed by atoms with Crippen LogP contribution in [0.2, 0.25) is 0 Å². The van der Waals surface area contributed by atoms with Gasteiger partial charge in [0.2, 0.25) is 11.6 Å². The Hall–Kier alpha value is -4.06. The summed E-state index contributed by atoms with van der Waals surface area (Å²) in [6.45, 7) is 2.73. The number of carboxylic acids is 1. The van der Waals surface area contributed by atoms with Gasteiger partial charge < -0.3 is 5.11 Å². The topological polar surface area (TPSA) is 85.1 Å². The number of hydrogen-bond donors (Lipinski definition) is 1. The van der Waals surface area contributed by atoms with E-state index in [1.807, 2.05) is 48.5 Å². The molecular weight excluding hydrogens is 402 g/mol. The average Bonchev–Trinajstić information content (AvgIpc) is 3.22. The fourth-order valence-electron chi connectivity index (χ4n) is 3.62. The quantitative estimate of drug-likeness (QED) is 0.407. The lowest BCUT2D eigenvalue weighted by Gasteiger charge is -2.08. The number of carbonyl (C=O) groups excluding carboxylic acids is 1. The van der Waals surface area contributed by atoms with E-state index in [1.54, 1.807) is 35.0 Å². The van der Waals surface area contributed by atoms with E-state index in [1.165, 1.54) is 0 Å². The lowest BCUT2D eigenvalue weighted by Crippen LogP contribution is -2.07. The summed E-state index contributed by atoms with van der Waals surface area (Å²) in [5.41, 5.74) is 3.35. The zero-order chi connectivity index (χ0) is 22.5. The van der Waals surface area contributed by atoms with E-state index in [9.17, 15) is 14.7 Å². The lowest BCUT2D eigenvalue weighted by atomic mass is 9.98. The Bertz CT molecular complexity index is 1250. The summed E-state index contributed by atoms with van der Waals surface area (Å²) < 4.78 is 1.80. The highest BCUT2D eigenvalue weighted by atomic mass is 16.4. The molecule has 0 radical (unpaired) electrons. The SMILES string of the molecule is CCCn1nc(C(=O)c2ccccc2)nc1Cc1ccc(-c2ccccc2C(=O)O)cc1. The number of aromatic nitrogens is 3. The van der Waals surface area contributed by atoms with Gasteiger partial charge in [-0.3, -0.25) is 4.79 Å². The van der Waals surface area contributed by atoms with Gasteiger partial charge in [-0.15, -0.1) is 5.10 Å². The highest BCUT2D eigenvalue weighted by Crippen LogP contribution is 2.24. The van der Waals surface area contributed by atoms with Crippen molar-refractivity contribution in [3.8, 4) is 11.1 Å². The molecule has 0 fully saturated rings. The first-order valence-corrected chi connectivity index (χ1v) is 10.5. The molecule has 0 bridgehead atoms. The van der Waals surface area contributed by atoms with Crippen LogP contribution in [0, 0.1) is 0 Å². The lowest BCUT2D eigenvalue weighted by molar-refractivity contribution is 0.0697. The Morgan fingerprint density at radius 1 is 0.906 bits per heavy atom. The Labute approximate surface area is 186 Å². The van der Waals surface area contributed by atoms with Crippen LogP contribution in [-0.2, 0) is 13.0 Å². The molecule has 0 aliphatic heterocycles. The third-order valence-electron chi connectivity index (χ3n) is 5.21. The first-order valence-electron chi connectivity index (χ1n) is 10.5. The number of hydrogen-bond acceptors (Lipinski definition) is 4. The van der Waals surface area contributed by atoms with Crippen LogP contribution in [0.5, 0.6) is 0 Å². The van der Waals surface area contributed by atoms with Gasteiger partial charge in [-0.05, 0) is 29.2 Å². The van der Waals surface area contributed by atoms with Crippen LogP contribution < -0.4 is 0 Å². The maximum Gasteiger partial charge on any atom is 0.336 e. The summed E-state index contributed by atoms with van der Waals surface area (Å²) in [5.74, 6) is -0.216. The van der Waals surface area contributed by atoms with Gasteiger partial charge in [0.15, 0.2) is 0 Å². The molecule has 0 atom stereocenters. The van der Waals surface area contributed by atoms with Crippen molar-refractivity contribution in [1.82, 2.24) is 14.8 Å². The van der Waals surface area contributed by atoms with Gasteiger partial charge in [0, 0.05) is 18.5 Å². The second-order valence-electron chi connectivity index (χ2n) is 7.49. The Kier molecular flexibility index (Phi) is 6.22. The molecule has 0 aliphatic carbocycles. The molecule has 4 rings (SSSR count). The highest BCUT2D eigenvalue weighted by Gasteiger charge is 2.18. The average molecular weight is 425 g/mol. The van der Waals surface area contributed by atoms with Crippen LogP contribution in [0.15, 0.2) is 78.9 Å². The first kappa shape index (κ1) is 21.2. The van der Waals surface area contributed by atoms with Crippen molar-refractivity contribution >= 4 is 11.8 Å². The maximum absolute atomic E-state index is 12.8. The third kappa shape index (κ3) is 4.49. The molecule has 4 aromatic rings. The second-order valence-corrected chi connectivity index (χ2v) is 7.49. The van der Waals surface area contributed by atoms with E-state index in [0.29, 0.717) is 24.1 Å². The molecule has 0 saturated carbocycles. The van der Waals surface area contributed by atoms with Gasteiger partial charge in [0.05, 0.1) is 5.56 Å². The van der Waals surface area contributed by atoms with Crippen LogP contribution in [0.25, 0.3) is 11.1 Å². The van der Waals surface area contributed by atoms with Crippen molar-refractivity contribution in [1.29, 1.82) is 0 Å². The van der Waals surface area contributed by atoms with Crippen LogP contribution >= 0.6 is 0 Å². The highest BCUT2D eigenvalue weighted by molar-refractivity contribution is 6.06. The number of nitrogens with zero attached hydrogens (tertiary/aromatic N) is 3. The fraction of sp³-hybridized carbons (Fsp3) is 0.154. The molecule has 32 heavy (non-hydrogen) atoms. The van der Waals surface area contributed by atoms with Gasteiger partial charge in [-0.1, -0.05) is 79.7 Å². The van der Waals surface area contributed by atoms with Gasteiger partial charge >= 0.3 is 5.97 Å². The molecule has 0 amide bonds. The normalized spacial score (nSPS) is 10.8. The molecule has 3 aromatic carbocycles. The number of rotatable bonds is 8. The number of benzene rings is 3. The summed E-state index contributed by atoms with van der Waals surface area (Å²) in [4.78, 5) is 28.8. The first-order chi connectivity index (χ1) is 15.6. The largest absolute Gasteiger partial charge is 0.478 e. The summed E-state index contributed by atoms with van der Waals surface area (Å²) in [6, 6.07) is 23.7. The van der Waals surface area contributed by atoms with Crippen LogP contribution in [0.4, 0.5) is 0 Å². The fourth-order valence-corrected chi connectivity index (χ4v) is 3.62. The standard InChI is InChI=1S/C26H23N3O3/c1-2-16-29-23(27-25(28-29)24(30)20-8-4-3-5-9-20)17-18-12-14-19(15-13-18)21-10-6-7-11-22(21)26(31)32/h3-15H,2,16-17H2,1H3,(H,31,32). The van der Waals surface area contributed by atoms with Gasteiger partial charge in [-0.2, -0.15) is 0 Å². The smallest absolute Gasteiger partial charge is 0.336 e. The summed E-state index contributed by atoms with van der Waals surface area (Å²) in [7, 11) is 0. The summed E-state index contributed by atoms with van der Waals surface area (Å²) in [6.07, 6.45) is 1.40. The Balaban J connectivity index is 1.60. The predicted molar refractivity (Wildman–Crippen MR) is 122 cm³/mol. The molecule has 6 nitrogen and oxygen atoms in total. The maximum atomic E-state index is 12.8. The summed E-state index contributed by atoms with van der Waals surface area (Å²) in [5, 5.41) is 13.9. The van der Waals surface area contributed by atoms with Crippen LogP contribution in [0.3, 0.4) is 0 Å². The van der Waals surface area contributed by atoms with Crippen molar-refractivity contribution in [2.24, 2.45) is 0 Å². The molecule has 6 heteroatoms. The monoisotopic (exact) mass is 425 g/mol. The molecule has 1 heterocycles. The minimum atomic E-state index is -0.951. The van der Waals surface area contributed by atoms with Crippen molar-refractivity contribution < 1.29 is 14.7 Å². The molecule has 0 spiro atoms. The molecule has 0 saturated heterocycles. The number of aryl methyl sites for hydroxylation is 1. The van der Waals surface area contributed by atoms with Crippen molar-refractivity contribution in [2.75, 3.05) is 0 Å². The van der Waals surface area contributed by atoms with E-state index >= 15 is 0 Å². The zero-order valence-electron chi connectivity index (χ0n) is 17.7. The zero-order valence-corrected chi connectivity index (χ0v) is 17.7. The number of ketones is 1. The Morgan fingerprint density at radius 2 is 1.59 bits per heavy atom. The van der Waals surface area contributed by atoms with Gasteiger partial charge in [0.25, 0.3) is 0 Å².